The van der Waals surface area contributed by atoms with E-state index in [0.717, 1.165) is 0 Å². The minimum Gasteiger partial charge on any atom is -0.396 e. The third-order valence-corrected chi connectivity index (χ3v) is 2.23. The number of nitrogens with two attached hydrogens (primary N) is 1. The molecule has 15 heavy (non-hydrogen) atoms. The van der Waals surface area contributed by atoms with Gasteiger partial charge in [-0.05, 0) is 12.3 Å². The van der Waals surface area contributed by atoms with Crippen LogP contribution in [0.3, 0.4) is 0 Å². The molecule has 0 fully saturated rings. The number of nitrogens with zero attached hydrogens (tertiary/aromatic N) is 2. The van der Waals surface area contributed by atoms with Crippen LogP contribution in [0.15, 0.2) is 12.4 Å². The minimum atomic E-state index is 0.158. The van der Waals surface area contributed by atoms with E-state index in [4.69, 9.17) is 10.8 Å². The van der Waals surface area contributed by atoms with E-state index in [9.17, 15) is 0 Å². The van der Waals surface area contributed by atoms with Gasteiger partial charge in [0.1, 0.15) is 0 Å². The van der Waals surface area contributed by atoms with Crippen molar-refractivity contribution in [3.05, 3.63) is 12.4 Å². The molecule has 1 aromatic rings. The van der Waals surface area contributed by atoms with Crippen LogP contribution in [-0.4, -0.2) is 27.7 Å². The van der Waals surface area contributed by atoms with Gasteiger partial charge >= 0.3 is 0 Å². The highest BCUT2D eigenvalue weighted by atomic mass is 16.3. The molecule has 1 heterocycles. The van der Waals surface area contributed by atoms with Crippen molar-refractivity contribution in [1.82, 2.24) is 9.97 Å². The first-order valence-electron chi connectivity index (χ1n) is 5.08. The first-order valence-corrected chi connectivity index (χ1v) is 5.08. The summed E-state index contributed by atoms with van der Waals surface area (Å²) in [5.74, 6) is 0.967. The molecule has 0 radical (unpaired) electrons. The topological polar surface area (TPSA) is 84.1 Å². The normalized spacial score (nSPS) is 12.8. The molecule has 0 spiro atoms. The molecule has 0 amide bonds. The zero-order chi connectivity index (χ0) is 11.3. The molecule has 0 aromatic carbocycles. The molecule has 1 rings (SSSR count). The van der Waals surface area contributed by atoms with Crippen LogP contribution in [0.2, 0.25) is 0 Å². The van der Waals surface area contributed by atoms with Gasteiger partial charge in [0.15, 0.2) is 0 Å². The van der Waals surface area contributed by atoms with Crippen molar-refractivity contribution in [3.8, 4) is 0 Å². The molecule has 0 aliphatic rings. The van der Waals surface area contributed by atoms with Gasteiger partial charge in [0.05, 0.1) is 18.1 Å². The van der Waals surface area contributed by atoms with Crippen molar-refractivity contribution in [3.63, 3.8) is 0 Å². The largest absolute Gasteiger partial charge is 0.396 e. The van der Waals surface area contributed by atoms with Gasteiger partial charge in [-0.1, -0.05) is 13.8 Å². The van der Waals surface area contributed by atoms with E-state index >= 15 is 0 Å². The highest BCUT2D eigenvalue weighted by Crippen LogP contribution is 2.11. The summed E-state index contributed by atoms with van der Waals surface area (Å²) in [7, 11) is 0. The number of rotatable bonds is 5. The third-order valence-electron chi connectivity index (χ3n) is 2.23. The Balaban J connectivity index is 2.61. The molecule has 5 heteroatoms. The molecular weight excluding hydrogens is 192 g/mol. The Morgan fingerprint density at radius 1 is 1.40 bits per heavy atom. The molecule has 0 aliphatic carbocycles. The molecular formula is C10H18N4O. The Morgan fingerprint density at radius 3 is 2.47 bits per heavy atom. The van der Waals surface area contributed by atoms with Crippen molar-refractivity contribution in [2.45, 2.75) is 26.3 Å². The minimum absolute atomic E-state index is 0.158. The van der Waals surface area contributed by atoms with Crippen molar-refractivity contribution in [2.75, 3.05) is 17.7 Å². The number of aromatic nitrogens is 2. The van der Waals surface area contributed by atoms with E-state index in [1.54, 1.807) is 12.4 Å². The molecule has 0 aliphatic heterocycles. The highest BCUT2D eigenvalue weighted by Gasteiger charge is 2.13. The van der Waals surface area contributed by atoms with Gasteiger partial charge in [0.2, 0.25) is 5.95 Å². The lowest BCUT2D eigenvalue weighted by atomic mass is 10.0. The van der Waals surface area contributed by atoms with E-state index in [1.807, 2.05) is 0 Å². The number of aliphatic hydroxyl groups excluding tert-OH is 1. The summed E-state index contributed by atoms with van der Waals surface area (Å²) in [6, 6.07) is 0.179. The van der Waals surface area contributed by atoms with Crippen molar-refractivity contribution in [1.29, 1.82) is 0 Å². The standard InChI is InChI=1S/C10H18N4O/c1-7(2)9(3-4-15)14-10-12-5-8(11)6-13-10/h5-7,9,15H,3-4,11H2,1-2H3,(H,12,13,14). The zero-order valence-corrected chi connectivity index (χ0v) is 9.14. The van der Waals surface area contributed by atoms with Crippen molar-refractivity contribution >= 4 is 11.6 Å². The summed E-state index contributed by atoms with van der Waals surface area (Å²) >= 11 is 0. The Hall–Kier alpha value is -1.36. The van der Waals surface area contributed by atoms with Crippen LogP contribution in [0.25, 0.3) is 0 Å². The molecule has 1 aromatic heterocycles. The molecule has 0 saturated heterocycles. The van der Waals surface area contributed by atoms with Gasteiger partial charge < -0.3 is 16.2 Å². The predicted molar refractivity (Wildman–Crippen MR) is 60.4 cm³/mol. The average Bonchev–Trinajstić information content (AvgIpc) is 2.20. The zero-order valence-electron chi connectivity index (χ0n) is 9.14. The molecule has 1 atom stereocenters. The fourth-order valence-corrected chi connectivity index (χ4v) is 1.29. The van der Waals surface area contributed by atoms with Crippen LogP contribution < -0.4 is 11.1 Å². The van der Waals surface area contributed by atoms with E-state index < -0.39 is 0 Å². The predicted octanol–water partition coefficient (Wildman–Crippen LogP) is 0.878. The average molecular weight is 210 g/mol. The Morgan fingerprint density at radius 2 is 2.00 bits per heavy atom. The van der Waals surface area contributed by atoms with Gasteiger partial charge in [-0.3, -0.25) is 0 Å². The Labute approximate surface area is 89.7 Å². The lowest BCUT2D eigenvalue weighted by Gasteiger charge is -2.21. The maximum absolute atomic E-state index is 8.91. The lowest BCUT2D eigenvalue weighted by Crippen LogP contribution is -2.27. The second-order valence-corrected chi connectivity index (χ2v) is 3.85. The first kappa shape index (κ1) is 11.7. The SMILES string of the molecule is CC(C)C(CCO)Nc1ncc(N)cn1. The van der Waals surface area contributed by atoms with Gasteiger partial charge in [0.25, 0.3) is 0 Å². The highest BCUT2D eigenvalue weighted by molar-refractivity contribution is 5.36. The van der Waals surface area contributed by atoms with Crippen LogP contribution in [0.1, 0.15) is 20.3 Å². The van der Waals surface area contributed by atoms with Gasteiger partial charge in [-0.2, -0.15) is 0 Å². The van der Waals surface area contributed by atoms with E-state index in [1.165, 1.54) is 0 Å². The van der Waals surface area contributed by atoms with E-state index in [0.29, 0.717) is 24.0 Å². The number of anilines is 2. The number of nitrogen functional groups attached to an aromatic ring is 1. The third kappa shape index (κ3) is 3.71. The second kappa shape index (κ2) is 5.50. The van der Waals surface area contributed by atoms with Crippen LogP contribution >= 0.6 is 0 Å². The van der Waals surface area contributed by atoms with E-state index in [2.05, 4.69) is 29.1 Å². The fraction of sp³-hybridized carbons (Fsp3) is 0.600. The molecule has 1 unspecified atom stereocenters. The summed E-state index contributed by atoms with van der Waals surface area (Å²) in [5.41, 5.74) is 6.03. The van der Waals surface area contributed by atoms with Gasteiger partial charge in [-0.25, -0.2) is 9.97 Å². The van der Waals surface area contributed by atoms with Crippen molar-refractivity contribution in [2.24, 2.45) is 5.92 Å². The smallest absolute Gasteiger partial charge is 0.222 e. The quantitative estimate of drug-likeness (QED) is 0.671. The monoisotopic (exact) mass is 210 g/mol. The maximum atomic E-state index is 8.91. The number of nitrogens with one attached hydrogen (secondary N) is 1. The lowest BCUT2D eigenvalue weighted by molar-refractivity contribution is 0.267. The fourth-order valence-electron chi connectivity index (χ4n) is 1.29. The second-order valence-electron chi connectivity index (χ2n) is 3.85. The van der Waals surface area contributed by atoms with Crippen LogP contribution in [0, 0.1) is 5.92 Å². The summed E-state index contributed by atoms with van der Waals surface area (Å²) in [6.45, 7) is 4.33. The van der Waals surface area contributed by atoms with Crippen LogP contribution in [0.5, 0.6) is 0 Å². The molecule has 5 nitrogen and oxygen atoms in total. The Kier molecular flexibility index (Phi) is 4.30. The molecule has 84 valence electrons. The first-order chi connectivity index (χ1) is 7.13. The number of hydrogen-bond acceptors (Lipinski definition) is 5. The van der Waals surface area contributed by atoms with Crippen LogP contribution in [-0.2, 0) is 0 Å². The molecule has 4 N–H and O–H groups in total. The summed E-state index contributed by atoms with van der Waals surface area (Å²) in [4.78, 5) is 8.11. The van der Waals surface area contributed by atoms with E-state index in [-0.39, 0.29) is 12.6 Å². The summed E-state index contributed by atoms with van der Waals surface area (Å²) in [5, 5.41) is 12.1. The summed E-state index contributed by atoms with van der Waals surface area (Å²) < 4.78 is 0. The van der Waals surface area contributed by atoms with Crippen molar-refractivity contribution < 1.29 is 5.11 Å². The molecule has 0 saturated carbocycles. The Bertz CT molecular complexity index is 286. The van der Waals surface area contributed by atoms with Crippen LogP contribution in [0.4, 0.5) is 11.6 Å². The van der Waals surface area contributed by atoms with Gasteiger partial charge in [0, 0.05) is 12.6 Å². The number of aliphatic hydroxyl groups is 1. The number of hydrogen-bond donors (Lipinski definition) is 3. The molecule has 0 bridgehead atoms. The summed E-state index contributed by atoms with van der Waals surface area (Å²) in [6.07, 6.45) is 3.81. The maximum Gasteiger partial charge on any atom is 0.222 e. The van der Waals surface area contributed by atoms with Gasteiger partial charge in [-0.15, -0.1) is 0 Å².